The van der Waals surface area contributed by atoms with Gasteiger partial charge in [0.1, 0.15) is 0 Å². The van der Waals surface area contributed by atoms with E-state index in [-0.39, 0.29) is 11.4 Å². The predicted octanol–water partition coefficient (Wildman–Crippen LogP) is 0.771. The average Bonchev–Trinajstić information content (AvgIpc) is 3.22. The van der Waals surface area contributed by atoms with Crippen molar-refractivity contribution in [3.05, 3.63) is 64.6 Å². The van der Waals surface area contributed by atoms with E-state index in [0.717, 1.165) is 5.56 Å². The Labute approximate surface area is 162 Å². The van der Waals surface area contributed by atoms with Crippen LogP contribution in [0.1, 0.15) is 12.0 Å². The van der Waals surface area contributed by atoms with E-state index >= 15 is 0 Å². The first kappa shape index (κ1) is 18.9. The first-order chi connectivity index (χ1) is 13.3. The van der Waals surface area contributed by atoms with Gasteiger partial charge in [0.25, 0.3) is 0 Å². The molecule has 0 amide bonds. The van der Waals surface area contributed by atoms with Crippen molar-refractivity contribution >= 4 is 21.1 Å². The van der Waals surface area contributed by atoms with Gasteiger partial charge in [-0.2, -0.15) is 0 Å². The van der Waals surface area contributed by atoms with Gasteiger partial charge in [-0.25, -0.2) is 17.9 Å². The first-order valence-corrected chi connectivity index (χ1v) is 10.5. The predicted molar refractivity (Wildman–Crippen MR) is 105 cm³/mol. The number of aliphatic hydroxyl groups is 1. The van der Waals surface area contributed by atoms with Crippen LogP contribution in [0.5, 0.6) is 0 Å². The summed E-state index contributed by atoms with van der Waals surface area (Å²) >= 11 is 0. The third kappa shape index (κ3) is 4.02. The smallest absolute Gasteiger partial charge is 0.323 e. The molecule has 0 radical (unpaired) electrons. The lowest BCUT2D eigenvalue weighted by atomic mass is 10.0. The molecule has 1 unspecified atom stereocenters. The van der Waals surface area contributed by atoms with E-state index < -0.39 is 21.3 Å². The van der Waals surface area contributed by atoms with Crippen molar-refractivity contribution in [2.24, 2.45) is 0 Å². The summed E-state index contributed by atoms with van der Waals surface area (Å²) in [6.45, 7) is 1.74. The van der Waals surface area contributed by atoms with Gasteiger partial charge in [0.05, 0.1) is 21.5 Å². The molecule has 0 spiro atoms. The molecule has 8 nitrogen and oxygen atoms in total. The zero-order valence-corrected chi connectivity index (χ0v) is 16.0. The summed E-state index contributed by atoms with van der Waals surface area (Å²) in [5.41, 5.74) is 0.600. The normalized spacial score (nSPS) is 20.8. The standard InChI is InChI=1S/C19H22N4O4S/c24-18-21-16-7-6-15(10-17(16)22-18)28(26,27)20-12-19(25)8-9-23(13-19)11-14-4-2-1-3-5-14/h1-7,10,20,25H,8-9,11-13H2,(H2,21,22,24). The molecule has 1 atom stereocenters. The van der Waals surface area contributed by atoms with Crippen LogP contribution >= 0.6 is 0 Å². The van der Waals surface area contributed by atoms with Crippen LogP contribution in [0.2, 0.25) is 0 Å². The zero-order valence-electron chi connectivity index (χ0n) is 15.2. The van der Waals surface area contributed by atoms with Gasteiger partial charge in [0, 0.05) is 26.2 Å². The number of β-amino-alcohol motifs (C(OH)–C–C–N with tert-alkyl or cyclic N) is 1. The lowest BCUT2D eigenvalue weighted by molar-refractivity contribution is 0.0536. The summed E-state index contributed by atoms with van der Waals surface area (Å²) in [5, 5.41) is 10.8. The second-order valence-electron chi connectivity index (χ2n) is 7.28. The van der Waals surface area contributed by atoms with E-state index in [4.69, 9.17) is 0 Å². The molecule has 1 aromatic heterocycles. The molecule has 28 heavy (non-hydrogen) atoms. The molecule has 2 heterocycles. The second kappa shape index (κ2) is 7.17. The molecule has 148 valence electrons. The molecule has 4 rings (SSSR count). The third-order valence-corrected chi connectivity index (χ3v) is 6.45. The minimum atomic E-state index is -3.81. The molecular weight excluding hydrogens is 380 g/mol. The Morgan fingerprint density at radius 1 is 1.11 bits per heavy atom. The van der Waals surface area contributed by atoms with E-state index in [2.05, 4.69) is 19.6 Å². The lowest BCUT2D eigenvalue weighted by Gasteiger charge is -2.24. The Morgan fingerprint density at radius 2 is 1.86 bits per heavy atom. The number of aromatic amines is 2. The largest absolute Gasteiger partial charge is 0.387 e. The van der Waals surface area contributed by atoms with Crippen molar-refractivity contribution in [1.29, 1.82) is 0 Å². The number of nitrogens with one attached hydrogen (secondary N) is 3. The second-order valence-corrected chi connectivity index (χ2v) is 9.05. The van der Waals surface area contributed by atoms with Gasteiger partial charge in [-0.05, 0) is 30.2 Å². The molecule has 1 aliphatic rings. The number of fused-ring (bicyclic) bond motifs is 1. The highest BCUT2D eigenvalue weighted by atomic mass is 32.2. The molecular formula is C19H22N4O4S. The third-order valence-electron chi connectivity index (χ3n) is 5.05. The minimum Gasteiger partial charge on any atom is -0.387 e. The van der Waals surface area contributed by atoms with Crippen molar-refractivity contribution in [2.45, 2.75) is 23.5 Å². The molecule has 9 heteroatoms. The van der Waals surface area contributed by atoms with Gasteiger partial charge < -0.3 is 15.1 Å². The highest BCUT2D eigenvalue weighted by Crippen LogP contribution is 2.23. The number of aromatic nitrogens is 2. The molecule has 1 saturated heterocycles. The number of rotatable bonds is 6. The number of nitrogens with zero attached hydrogens (tertiary/aromatic N) is 1. The molecule has 2 aromatic carbocycles. The maximum Gasteiger partial charge on any atom is 0.323 e. The Hall–Kier alpha value is -2.46. The van der Waals surface area contributed by atoms with Crippen molar-refractivity contribution in [1.82, 2.24) is 19.6 Å². The van der Waals surface area contributed by atoms with E-state index in [1.165, 1.54) is 18.2 Å². The van der Waals surface area contributed by atoms with E-state index in [9.17, 15) is 18.3 Å². The fourth-order valence-electron chi connectivity index (χ4n) is 3.55. The number of hydrogen-bond acceptors (Lipinski definition) is 5. The van der Waals surface area contributed by atoms with E-state index in [0.29, 0.717) is 37.1 Å². The van der Waals surface area contributed by atoms with Crippen molar-refractivity contribution < 1.29 is 13.5 Å². The monoisotopic (exact) mass is 402 g/mol. The molecule has 0 bridgehead atoms. The molecule has 1 aliphatic heterocycles. The Bertz CT molecular complexity index is 1140. The number of sulfonamides is 1. The van der Waals surface area contributed by atoms with Crippen LogP contribution < -0.4 is 10.4 Å². The van der Waals surface area contributed by atoms with Crippen LogP contribution in [0.3, 0.4) is 0 Å². The summed E-state index contributed by atoms with van der Waals surface area (Å²) < 4.78 is 27.7. The minimum absolute atomic E-state index is 0.0398. The van der Waals surface area contributed by atoms with Gasteiger partial charge in [0.2, 0.25) is 10.0 Å². The summed E-state index contributed by atoms with van der Waals surface area (Å²) in [5.74, 6) is 0. The Kier molecular flexibility index (Phi) is 4.84. The van der Waals surface area contributed by atoms with Gasteiger partial charge in [-0.3, -0.25) is 4.90 Å². The fourth-order valence-corrected chi connectivity index (χ4v) is 4.70. The molecule has 0 saturated carbocycles. The Balaban J connectivity index is 1.41. The number of imidazole rings is 1. The van der Waals surface area contributed by atoms with Crippen LogP contribution in [-0.2, 0) is 16.6 Å². The van der Waals surface area contributed by atoms with Crippen molar-refractivity contribution in [2.75, 3.05) is 19.6 Å². The number of likely N-dealkylation sites (tertiary alicyclic amines) is 1. The maximum absolute atomic E-state index is 12.6. The van der Waals surface area contributed by atoms with Gasteiger partial charge in [-0.15, -0.1) is 0 Å². The summed E-state index contributed by atoms with van der Waals surface area (Å²) in [6.07, 6.45) is 0.493. The van der Waals surface area contributed by atoms with Crippen molar-refractivity contribution in [3.8, 4) is 0 Å². The maximum atomic E-state index is 12.6. The highest BCUT2D eigenvalue weighted by molar-refractivity contribution is 7.89. The Morgan fingerprint density at radius 3 is 2.64 bits per heavy atom. The SMILES string of the molecule is O=c1[nH]c2ccc(S(=O)(=O)NCC3(O)CCN(Cc4ccccc4)C3)cc2[nH]1. The van der Waals surface area contributed by atoms with Crippen molar-refractivity contribution in [3.63, 3.8) is 0 Å². The van der Waals surface area contributed by atoms with Gasteiger partial charge in [0.15, 0.2) is 0 Å². The van der Waals surface area contributed by atoms with E-state index in [1.807, 2.05) is 30.3 Å². The van der Waals surface area contributed by atoms with Gasteiger partial charge >= 0.3 is 5.69 Å². The van der Waals surface area contributed by atoms with Crippen LogP contribution in [0.25, 0.3) is 11.0 Å². The van der Waals surface area contributed by atoms with Crippen LogP contribution in [0.15, 0.2) is 58.2 Å². The first-order valence-electron chi connectivity index (χ1n) is 9.03. The fraction of sp³-hybridized carbons (Fsp3) is 0.316. The molecule has 4 N–H and O–H groups in total. The molecule has 0 aliphatic carbocycles. The highest BCUT2D eigenvalue weighted by Gasteiger charge is 2.37. The summed E-state index contributed by atoms with van der Waals surface area (Å²) in [7, 11) is -3.81. The molecule has 3 aromatic rings. The van der Waals surface area contributed by atoms with Crippen LogP contribution in [0, 0.1) is 0 Å². The summed E-state index contributed by atoms with van der Waals surface area (Å²) in [6, 6.07) is 14.3. The average molecular weight is 402 g/mol. The number of hydrogen-bond donors (Lipinski definition) is 4. The topological polar surface area (TPSA) is 118 Å². The number of H-pyrrole nitrogens is 2. The van der Waals surface area contributed by atoms with Crippen LogP contribution in [0.4, 0.5) is 0 Å². The number of benzene rings is 2. The quantitative estimate of drug-likeness (QED) is 0.486. The van der Waals surface area contributed by atoms with Crippen LogP contribution in [-0.4, -0.2) is 53.6 Å². The summed E-state index contributed by atoms with van der Waals surface area (Å²) in [4.78, 5) is 18.6. The van der Waals surface area contributed by atoms with Gasteiger partial charge in [-0.1, -0.05) is 30.3 Å². The molecule has 1 fully saturated rings. The zero-order chi connectivity index (χ0) is 19.8. The lowest BCUT2D eigenvalue weighted by Crippen LogP contribution is -2.44. The van der Waals surface area contributed by atoms with E-state index in [1.54, 1.807) is 0 Å².